The lowest BCUT2D eigenvalue weighted by atomic mass is 10.1. The molecule has 0 saturated heterocycles. The Balaban J connectivity index is 1.94. The summed E-state index contributed by atoms with van der Waals surface area (Å²) in [7, 11) is 1.50. The number of hydrogen-bond acceptors (Lipinski definition) is 4. The van der Waals surface area contributed by atoms with Crippen molar-refractivity contribution in [3.63, 3.8) is 0 Å². The van der Waals surface area contributed by atoms with Gasteiger partial charge in [0.1, 0.15) is 17.2 Å². The minimum atomic E-state index is -0.356. The van der Waals surface area contributed by atoms with Crippen LogP contribution in [0.15, 0.2) is 42.5 Å². The van der Waals surface area contributed by atoms with Crippen LogP contribution in [0.3, 0.4) is 0 Å². The summed E-state index contributed by atoms with van der Waals surface area (Å²) < 4.78 is 5.03. The summed E-state index contributed by atoms with van der Waals surface area (Å²) in [5, 5.41) is 21.6. The van der Waals surface area contributed by atoms with Gasteiger partial charge in [-0.25, -0.2) is 0 Å². The van der Waals surface area contributed by atoms with Gasteiger partial charge in [-0.15, -0.1) is 0 Å². The van der Waals surface area contributed by atoms with E-state index < -0.39 is 0 Å². The fraction of sp³-hybridized carbons (Fsp3) is 0.188. The number of carbonyl (C=O) groups excluding carboxylic acids is 1. The van der Waals surface area contributed by atoms with Gasteiger partial charge in [0.05, 0.1) is 12.7 Å². The van der Waals surface area contributed by atoms with Crippen molar-refractivity contribution in [2.45, 2.75) is 6.42 Å². The number of methoxy groups -OCH3 is 1. The second kappa shape index (κ2) is 6.65. The van der Waals surface area contributed by atoms with Gasteiger partial charge >= 0.3 is 0 Å². The van der Waals surface area contributed by atoms with Crippen LogP contribution in [0, 0.1) is 0 Å². The molecule has 0 aliphatic carbocycles. The Morgan fingerprint density at radius 2 is 1.86 bits per heavy atom. The average Bonchev–Trinajstić information content (AvgIpc) is 2.49. The number of ether oxygens (including phenoxy) is 1. The number of hydrogen-bond donors (Lipinski definition) is 3. The van der Waals surface area contributed by atoms with Crippen molar-refractivity contribution in [2.24, 2.45) is 0 Å². The molecular weight excluding hydrogens is 270 g/mol. The van der Waals surface area contributed by atoms with Crippen LogP contribution < -0.4 is 10.1 Å². The number of amides is 1. The van der Waals surface area contributed by atoms with E-state index >= 15 is 0 Å². The zero-order chi connectivity index (χ0) is 15.2. The third kappa shape index (κ3) is 3.89. The van der Waals surface area contributed by atoms with Crippen LogP contribution in [0.2, 0.25) is 0 Å². The van der Waals surface area contributed by atoms with Gasteiger partial charge in [0.2, 0.25) is 0 Å². The molecule has 2 aromatic carbocycles. The highest BCUT2D eigenvalue weighted by molar-refractivity contribution is 5.97. The highest BCUT2D eigenvalue weighted by Gasteiger charge is 2.11. The van der Waals surface area contributed by atoms with E-state index in [1.165, 1.54) is 19.2 Å². The number of phenolic OH excluding ortho intramolecular Hbond substituents is 2. The molecule has 0 spiro atoms. The van der Waals surface area contributed by atoms with Gasteiger partial charge in [-0.3, -0.25) is 4.79 Å². The van der Waals surface area contributed by atoms with Crippen molar-refractivity contribution < 1.29 is 19.7 Å². The SMILES string of the molecule is COc1ccc(O)c(C(=O)NCCc2ccc(O)cc2)c1. The average molecular weight is 287 g/mol. The topological polar surface area (TPSA) is 78.8 Å². The zero-order valence-electron chi connectivity index (χ0n) is 11.7. The molecule has 21 heavy (non-hydrogen) atoms. The highest BCUT2D eigenvalue weighted by atomic mass is 16.5. The van der Waals surface area contributed by atoms with Crippen LogP contribution in [-0.4, -0.2) is 29.8 Å². The van der Waals surface area contributed by atoms with Gasteiger partial charge in [0.25, 0.3) is 5.91 Å². The lowest BCUT2D eigenvalue weighted by Crippen LogP contribution is -2.25. The zero-order valence-corrected chi connectivity index (χ0v) is 11.7. The molecule has 0 aliphatic heterocycles. The van der Waals surface area contributed by atoms with Crippen molar-refractivity contribution in [1.29, 1.82) is 0 Å². The highest BCUT2D eigenvalue weighted by Crippen LogP contribution is 2.22. The smallest absolute Gasteiger partial charge is 0.255 e. The van der Waals surface area contributed by atoms with Crippen LogP contribution in [-0.2, 0) is 6.42 Å². The van der Waals surface area contributed by atoms with Crippen molar-refractivity contribution in [1.82, 2.24) is 5.32 Å². The van der Waals surface area contributed by atoms with E-state index in [9.17, 15) is 15.0 Å². The van der Waals surface area contributed by atoms with Crippen LogP contribution in [0.1, 0.15) is 15.9 Å². The van der Waals surface area contributed by atoms with Gasteiger partial charge in [-0.05, 0) is 42.3 Å². The predicted molar refractivity (Wildman–Crippen MR) is 78.8 cm³/mol. The monoisotopic (exact) mass is 287 g/mol. The Hall–Kier alpha value is -2.69. The first-order chi connectivity index (χ1) is 10.1. The predicted octanol–water partition coefficient (Wildman–Crippen LogP) is 2.08. The molecule has 5 nitrogen and oxygen atoms in total. The van der Waals surface area contributed by atoms with Crippen molar-refractivity contribution >= 4 is 5.91 Å². The second-order valence-corrected chi connectivity index (χ2v) is 4.56. The summed E-state index contributed by atoms with van der Waals surface area (Å²) in [5.41, 5.74) is 1.18. The molecule has 0 bridgehead atoms. The van der Waals surface area contributed by atoms with Crippen LogP contribution in [0.4, 0.5) is 0 Å². The minimum absolute atomic E-state index is 0.0852. The first-order valence-electron chi connectivity index (χ1n) is 6.53. The normalized spacial score (nSPS) is 10.1. The molecule has 0 atom stereocenters. The van der Waals surface area contributed by atoms with Gasteiger partial charge in [0.15, 0.2) is 0 Å². The summed E-state index contributed by atoms with van der Waals surface area (Å²) in [5.74, 6) is 0.281. The molecule has 0 fully saturated rings. The second-order valence-electron chi connectivity index (χ2n) is 4.56. The maximum atomic E-state index is 12.0. The Labute approximate surface area is 122 Å². The van der Waals surface area contributed by atoms with Gasteiger partial charge in [0, 0.05) is 6.54 Å². The van der Waals surface area contributed by atoms with E-state index in [4.69, 9.17) is 4.74 Å². The van der Waals surface area contributed by atoms with E-state index in [0.717, 1.165) is 5.56 Å². The fourth-order valence-corrected chi connectivity index (χ4v) is 1.90. The maximum absolute atomic E-state index is 12.0. The van der Waals surface area contributed by atoms with Crippen LogP contribution in [0.5, 0.6) is 17.2 Å². The molecule has 2 rings (SSSR count). The summed E-state index contributed by atoms with van der Waals surface area (Å²) in [4.78, 5) is 12.0. The van der Waals surface area contributed by atoms with Crippen molar-refractivity contribution in [2.75, 3.05) is 13.7 Å². The molecule has 0 aromatic heterocycles. The van der Waals surface area contributed by atoms with E-state index in [-0.39, 0.29) is 23.0 Å². The Morgan fingerprint density at radius 3 is 2.52 bits per heavy atom. The van der Waals surface area contributed by atoms with Gasteiger partial charge in [-0.1, -0.05) is 12.1 Å². The third-order valence-corrected chi connectivity index (χ3v) is 3.08. The summed E-state index contributed by atoms with van der Waals surface area (Å²) in [6.07, 6.45) is 0.636. The summed E-state index contributed by atoms with van der Waals surface area (Å²) in [6.45, 7) is 0.431. The molecule has 3 N–H and O–H groups in total. The molecule has 0 saturated carbocycles. The standard InChI is InChI=1S/C16H17NO4/c1-21-13-6-7-15(19)14(10-13)16(20)17-9-8-11-2-4-12(18)5-3-11/h2-7,10,18-19H,8-9H2,1H3,(H,17,20). The fourth-order valence-electron chi connectivity index (χ4n) is 1.90. The molecule has 110 valence electrons. The van der Waals surface area contributed by atoms with Gasteiger partial charge < -0.3 is 20.3 Å². The Kier molecular flexibility index (Phi) is 4.66. The number of benzene rings is 2. The quantitative estimate of drug-likeness (QED) is 0.786. The molecule has 5 heteroatoms. The number of phenols is 2. The molecule has 0 aliphatic rings. The summed E-state index contributed by atoms with van der Waals surface area (Å²) in [6, 6.07) is 11.3. The minimum Gasteiger partial charge on any atom is -0.508 e. The largest absolute Gasteiger partial charge is 0.508 e. The van der Waals surface area contributed by atoms with Crippen LogP contribution in [0.25, 0.3) is 0 Å². The van der Waals surface area contributed by atoms with E-state index in [1.54, 1.807) is 30.3 Å². The first-order valence-corrected chi connectivity index (χ1v) is 6.53. The maximum Gasteiger partial charge on any atom is 0.255 e. The lowest BCUT2D eigenvalue weighted by Gasteiger charge is -2.08. The Morgan fingerprint density at radius 1 is 1.14 bits per heavy atom. The molecule has 2 aromatic rings. The molecule has 1 amide bonds. The van der Waals surface area contributed by atoms with Crippen molar-refractivity contribution in [3.8, 4) is 17.2 Å². The number of rotatable bonds is 5. The van der Waals surface area contributed by atoms with Gasteiger partial charge in [-0.2, -0.15) is 0 Å². The van der Waals surface area contributed by atoms with E-state index in [0.29, 0.717) is 18.7 Å². The number of aromatic hydroxyl groups is 2. The number of nitrogens with one attached hydrogen (secondary N) is 1. The van der Waals surface area contributed by atoms with Crippen molar-refractivity contribution in [3.05, 3.63) is 53.6 Å². The Bertz CT molecular complexity index is 623. The summed E-state index contributed by atoms with van der Waals surface area (Å²) >= 11 is 0. The molecule has 0 radical (unpaired) electrons. The first kappa shape index (κ1) is 14.7. The molecular formula is C16H17NO4. The van der Waals surface area contributed by atoms with E-state index in [1.807, 2.05) is 0 Å². The number of carbonyl (C=O) groups is 1. The van der Waals surface area contributed by atoms with E-state index in [2.05, 4.69) is 5.32 Å². The molecule has 0 heterocycles. The lowest BCUT2D eigenvalue weighted by molar-refractivity contribution is 0.0951. The van der Waals surface area contributed by atoms with Crippen LogP contribution >= 0.6 is 0 Å². The molecule has 0 unspecified atom stereocenters. The third-order valence-electron chi connectivity index (χ3n) is 3.08.